The SMILES string of the molecule is C=CCNC(=O)[C@H](Cc1c[nH]c2ccccc12)NS(=O)(=O)c1cccc(C)c1. The van der Waals surface area contributed by atoms with Crippen molar-refractivity contribution in [2.45, 2.75) is 24.3 Å². The highest BCUT2D eigenvalue weighted by Gasteiger charge is 2.26. The molecule has 0 fully saturated rings. The molecule has 0 saturated carbocycles. The van der Waals surface area contributed by atoms with Crippen molar-refractivity contribution in [3.8, 4) is 0 Å². The van der Waals surface area contributed by atoms with Crippen LogP contribution in [0, 0.1) is 6.92 Å². The fourth-order valence-electron chi connectivity index (χ4n) is 3.04. The predicted octanol–water partition coefficient (Wildman–Crippen LogP) is 2.67. The zero-order chi connectivity index (χ0) is 20.1. The molecule has 1 amide bonds. The smallest absolute Gasteiger partial charge is 0.241 e. The van der Waals surface area contributed by atoms with E-state index in [1.54, 1.807) is 24.4 Å². The second-order valence-electron chi connectivity index (χ2n) is 6.59. The predicted molar refractivity (Wildman–Crippen MR) is 110 cm³/mol. The summed E-state index contributed by atoms with van der Waals surface area (Å²) < 4.78 is 28.3. The van der Waals surface area contributed by atoms with Gasteiger partial charge in [-0.2, -0.15) is 4.72 Å². The van der Waals surface area contributed by atoms with Crippen LogP contribution < -0.4 is 10.0 Å². The number of amides is 1. The minimum absolute atomic E-state index is 0.132. The highest BCUT2D eigenvalue weighted by molar-refractivity contribution is 7.89. The van der Waals surface area contributed by atoms with Crippen LogP contribution in [0.5, 0.6) is 0 Å². The van der Waals surface area contributed by atoms with Crippen molar-refractivity contribution in [1.82, 2.24) is 15.0 Å². The molecule has 0 bridgehead atoms. The summed E-state index contributed by atoms with van der Waals surface area (Å²) in [5.74, 6) is -0.401. The number of aryl methyl sites for hydroxylation is 1. The number of aromatic nitrogens is 1. The van der Waals surface area contributed by atoms with Crippen LogP contribution in [0.25, 0.3) is 10.9 Å². The van der Waals surface area contributed by atoms with E-state index in [1.807, 2.05) is 37.3 Å². The molecule has 0 spiro atoms. The number of para-hydroxylation sites is 1. The normalized spacial score (nSPS) is 12.6. The molecule has 146 valence electrons. The fourth-order valence-corrected chi connectivity index (χ4v) is 4.34. The Balaban J connectivity index is 1.90. The highest BCUT2D eigenvalue weighted by Crippen LogP contribution is 2.20. The van der Waals surface area contributed by atoms with Gasteiger partial charge in [0, 0.05) is 23.6 Å². The van der Waals surface area contributed by atoms with E-state index in [4.69, 9.17) is 0 Å². The summed E-state index contributed by atoms with van der Waals surface area (Å²) in [5.41, 5.74) is 2.62. The van der Waals surface area contributed by atoms with Crippen molar-refractivity contribution in [1.29, 1.82) is 0 Å². The molecule has 0 aliphatic heterocycles. The second kappa shape index (κ2) is 8.41. The third-order valence-corrected chi connectivity index (χ3v) is 5.90. The van der Waals surface area contributed by atoms with Crippen molar-refractivity contribution in [2.75, 3.05) is 6.54 Å². The zero-order valence-electron chi connectivity index (χ0n) is 15.6. The number of aromatic amines is 1. The van der Waals surface area contributed by atoms with Crippen molar-refractivity contribution in [3.05, 3.63) is 78.5 Å². The van der Waals surface area contributed by atoms with Crippen LogP contribution in [-0.4, -0.2) is 31.9 Å². The minimum Gasteiger partial charge on any atom is -0.361 e. The summed E-state index contributed by atoms with van der Waals surface area (Å²) in [4.78, 5) is 15.9. The van der Waals surface area contributed by atoms with Crippen molar-refractivity contribution in [3.63, 3.8) is 0 Å². The van der Waals surface area contributed by atoms with E-state index >= 15 is 0 Å². The van der Waals surface area contributed by atoms with Crippen LogP contribution in [0.2, 0.25) is 0 Å². The van der Waals surface area contributed by atoms with Crippen LogP contribution in [0.15, 0.2) is 72.3 Å². The van der Waals surface area contributed by atoms with Gasteiger partial charge in [-0.25, -0.2) is 8.42 Å². The minimum atomic E-state index is -3.86. The first-order valence-corrected chi connectivity index (χ1v) is 10.4. The standard InChI is InChI=1S/C21H23N3O3S/c1-3-11-22-21(25)20(13-16-14-23-19-10-5-4-9-18(16)19)24-28(26,27)17-8-6-7-15(2)12-17/h3-10,12,14,20,23-24H,1,11,13H2,2H3,(H,22,25)/t20-/m0/s1. The molecule has 0 saturated heterocycles. The number of hydrogen-bond donors (Lipinski definition) is 3. The Morgan fingerprint density at radius 3 is 2.75 bits per heavy atom. The van der Waals surface area contributed by atoms with Crippen LogP contribution in [0.3, 0.4) is 0 Å². The van der Waals surface area contributed by atoms with Gasteiger partial charge in [0.15, 0.2) is 0 Å². The number of benzene rings is 2. The van der Waals surface area contributed by atoms with Gasteiger partial charge in [-0.05, 0) is 42.7 Å². The van der Waals surface area contributed by atoms with E-state index < -0.39 is 22.0 Å². The van der Waals surface area contributed by atoms with Crippen LogP contribution in [0.4, 0.5) is 0 Å². The summed E-state index contributed by atoms with van der Waals surface area (Å²) in [6, 6.07) is 13.3. The summed E-state index contributed by atoms with van der Waals surface area (Å²) in [7, 11) is -3.86. The van der Waals surface area contributed by atoms with Crippen LogP contribution in [-0.2, 0) is 21.2 Å². The summed E-state index contributed by atoms with van der Waals surface area (Å²) in [6.07, 6.45) is 3.58. The maximum atomic E-state index is 12.8. The second-order valence-corrected chi connectivity index (χ2v) is 8.30. The van der Waals surface area contributed by atoms with Gasteiger partial charge in [0.2, 0.25) is 15.9 Å². The third kappa shape index (κ3) is 4.49. The number of H-pyrrole nitrogens is 1. The Morgan fingerprint density at radius 2 is 2.00 bits per heavy atom. The first kappa shape index (κ1) is 19.9. The maximum Gasteiger partial charge on any atom is 0.241 e. The van der Waals surface area contributed by atoms with Gasteiger partial charge in [0.25, 0.3) is 0 Å². The van der Waals surface area contributed by atoms with Crippen LogP contribution >= 0.6 is 0 Å². The summed E-state index contributed by atoms with van der Waals surface area (Å²) in [6.45, 7) is 5.66. The van der Waals surface area contributed by atoms with E-state index in [2.05, 4.69) is 21.6 Å². The monoisotopic (exact) mass is 397 g/mol. The molecule has 1 aromatic heterocycles. The first-order valence-electron chi connectivity index (χ1n) is 8.93. The Kier molecular flexibility index (Phi) is 5.96. The number of carbonyl (C=O) groups is 1. The molecule has 7 heteroatoms. The maximum absolute atomic E-state index is 12.8. The Bertz CT molecular complexity index is 1100. The number of carbonyl (C=O) groups excluding carboxylic acids is 1. The molecule has 0 radical (unpaired) electrons. The van der Waals surface area contributed by atoms with E-state index in [0.29, 0.717) is 0 Å². The number of hydrogen-bond acceptors (Lipinski definition) is 3. The molecule has 3 rings (SSSR count). The van der Waals surface area contributed by atoms with E-state index in [9.17, 15) is 13.2 Å². The van der Waals surface area contributed by atoms with Gasteiger partial charge in [-0.1, -0.05) is 36.4 Å². The number of nitrogens with one attached hydrogen (secondary N) is 3. The largest absolute Gasteiger partial charge is 0.361 e. The van der Waals surface area contributed by atoms with Gasteiger partial charge in [0.05, 0.1) is 4.90 Å². The number of fused-ring (bicyclic) bond motifs is 1. The molecule has 2 aromatic carbocycles. The van der Waals surface area contributed by atoms with Crippen molar-refractivity contribution >= 4 is 26.8 Å². The van der Waals surface area contributed by atoms with E-state index in [1.165, 1.54) is 6.07 Å². The fraction of sp³-hybridized carbons (Fsp3) is 0.190. The topological polar surface area (TPSA) is 91.1 Å². The van der Waals surface area contributed by atoms with E-state index in [0.717, 1.165) is 22.0 Å². The Hall–Kier alpha value is -2.90. The lowest BCUT2D eigenvalue weighted by atomic mass is 10.1. The van der Waals surface area contributed by atoms with Gasteiger partial charge in [0.1, 0.15) is 6.04 Å². The zero-order valence-corrected chi connectivity index (χ0v) is 16.4. The Morgan fingerprint density at radius 1 is 1.21 bits per heavy atom. The van der Waals surface area contributed by atoms with Crippen molar-refractivity contribution in [2.24, 2.45) is 0 Å². The highest BCUT2D eigenvalue weighted by atomic mass is 32.2. The molecule has 3 aromatic rings. The van der Waals surface area contributed by atoms with E-state index in [-0.39, 0.29) is 17.9 Å². The lowest BCUT2D eigenvalue weighted by Crippen LogP contribution is -2.48. The molecule has 28 heavy (non-hydrogen) atoms. The Labute approximate surface area is 164 Å². The van der Waals surface area contributed by atoms with Gasteiger partial charge >= 0.3 is 0 Å². The average Bonchev–Trinajstić information content (AvgIpc) is 3.08. The molecule has 0 aliphatic rings. The summed E-state index contributed by atoms with van der Waals surface area (Å²) in [5, 5.41) is 3.64. The third-order valence-electron chi connectivity index (χ3n) is 4.43. The average molecular weight is 398 g/mol. The molecular weight excluding hydrogens is 374 g/mol. The summed E-state index contributed by atoms with van der Waals surface area (Å²) >= 11 is 0. The van der Waals surface area contributed by atoms with Crippen LogP contribution in [0.1, 0.15) is 11.1 Å². The first-order chi connectivity index (χ1) is 13.4. The number of rotatable bonds is 8. The van der Waals surface area contributed by atoms with Gasteiger partial charge in [-0.15, -0.1) is 6.58 Å². The molecule has 6 nitrogen and oxygen atoms in total. The molecular formula is C21H23N3O3S. The molecule has 0 unspecified atom stereocenters. The van der Waals surface area contributed by atoms with Crippen molar-refractivity contribution < 1.29 is 13.2 Å². The van der Waals surface area contributed by atoms with Gasteiger partial charge < -0.3 is 10.3 Å². The molecule has 1 atom stereocenters. The lowest BCUT2D eigenvalue weighted by molar-refractivity contribution is -0.122. The molecule has 0 aliphatic carbocycles. The van der Waals surface area contributed by atoms with Gasteiger partial charge in [-0.3, -0.25) is 4.79 Å². The molecule has 3 N–H and O–H groups in total. The number of sulfonamides is 1. The quantitative estimate of drug-likeness (QED) is 0.511. The molecule has 1 heterocycles. The lowest BCUT2D eigenvalue weighted by Gasteiger charge is -2.18.